The van der Waals surface area contributed by atoms with E-state index in [0.717, 1.165) is 11.3 Å². The van der Waals surface area contributed by atoms with E-state index in [9.17, 15) is 4.79 Å². The second-order valence-electron chi connectivity index (χ2n) is 9.14. The van der Waals surface area contributed by atoms with Crippen molar-refractivity contribution in [3.05, 3.63) is 60.5 Å². The molecule has 1 unspecified atom stereocenters. The Morgan fingerprint density at radius 3 is 2.74 bits per heavy atom. The summed E-state index contributed by atoms with van der Waals surface area (Å²) in [5, 5.41) is 6.47. The van der Waals surface area contributed by atoms with Crippen molar-refractivity contribution in [3.63, 3.8) is 0 Å². The van der Waals surface area contributed by atoms with Gasteiger partial charge in [-0.1, -0.05) is 0 Å². The summed E-state index contributed by atoms with van der Waals surface area (Å²) in [6.07, 6.45) is 10.2. The monoisotopic (exact) mass is 461 g/mol. The van der Waals surface area contributed by atoms with Gasteiger partial charge in [-0.25, -0.2) is 9.97 Å². The fraction of sp³-hybridized carbons (Fsp3) is 0.320. The predicted molar refractivity (Wildman–Crippen MR) is 129 cm³/mol. The van der Waals surface area contributed by atoms with Crippen LogP contribution in [-0.2, 0) is 14.3 Å². The van der Waals surface area contributed by atoms with Crippen molar-refractivity contribution >= 4 is 23.1 Å². The lowest BCUT2D eigenvalue weighted by Gasteiger charge is -2.32. The summed E-state index contributed by atoms with van der Waals surface area (Å²) in [4.78, 5) is 21.8. The van der Waals surface area contributed by atoms with Gasteiger partial charge in [-0.05, 0) is 57.5 Å². The van der Waals surface area contributed by atoms with Gasteiger partial charge in [0.1, 0.15) is 5.75 Å². The number of imidazole rings is 1. The third-order valence-electron chi connectivity index (χ3n) is 6.06. The van der Waals surface area contributed by atoms with E-state index in [1.807, 2.05) is 47.1 Å². The minimum Gasteiger partial charge on any atom is -0.493 e. The molecule has 9 nitrogen and oxygen atoms in total. The smallest absolute Gasteiger partial charge is 0.268 e. The lowest BCUT2D eigenvalue weighted by atomic mass is 9.92. The molecular weight excluding hydrogens is 434 g/mol. The first-order valence-corrected chi connectivity index (χ1v) is 11.0. The Hall–Kier alpha value is -4.01. The van der Waals surface area contributed by atoms with Crippen molar-refractivity contribution in [2.45, 2.75) is 38.3 Å². The second kappa shape index (κ2) is 7.79. The van der Waals surface area contributed by atoms with E-state index in [-0.39, 0.29) is 5.91 Å². The Morgan fingerprint density at radius 2 is 1.97 bits per heavy atom. The summed E-state index contributed by atoms with van der Waals surface area (Å²) in [5.41, 5.74) is 1.50. The van der Waals surface area contributed by atoms with Gasteiger partial charge in [0.15, 0.2) is 28.6 Å². The molecule has 1 atom stereocenters. The number of carbonyl (C=O) groups excluding carboxylic acids is 1. The van der Waals surface area contributed by atoms with Crippen LogP contribution in [0.25, 0.3) is 16.9 Å². The summed E-state index contributed by atoms with van der Waals surface area (Å²) in [6, 6.07) is 5.65. The van der Waals surface area contributed by atoms with Crippen LogP contribution in [-0.4, -0.2) is 45.6 Å². The fourth-order valence-electron chi connectivity index (χ4n) is 4.15. The molecule has 0 spiro atoms. The number of hydrogen-bond donors (Lipinski definition) is 2. The van der Waals surface area contributed by atoms with Crippen LogP contribution in [0.1, 0.15) is 27.2 Å². The van der Waals surface area contributed by atoms with Gasteiger partial charge in [0.05, 0.1) is 31.1 Å². The molecule has 176 valence electrons. The molecule has 1 aromatic carbocycles. The number of nitrogens with one attached hydrogen (secondary N) is 2. The number of nitrogens with zero attached hydrogens (tertiary/aromatic N) is 3. The number of hydrogen-bond acceptors (Lipinski definition) is 7. The Kier molecular flexibility index (Phi) is 5.00. The van der Waals surface area contributed by atoms with Crippen molar-refractivity contribution < 1.29 is 19.0 Å². The maximum absolute atomic E-state index is 12.4. The van der Waals surface area contributed by atoms with Crippen LogP contribution in [0.15, 0.2) is 60.5 Å². The lowest BCUT2D eigenvalue weighted by Crippen LogP contribution is -2.45. The molecule has 1 amide bonds. The Labute approximate surface area is 197 Å². The number of amides is 1. The molecule has 2 aromatic heterocycles. The van der Waals surface area contributed by atoms with Crippen molar-refractivity contribution in [3.8, 4) is 17.0 Å². The van der Waals surface area contributed by atoms with Crippen molar-refractivity contribution in [2.75, 3.05) is 24.9 Å². The molecule has 0 fully saturated rings. The van der Waals surface area contributed by atoms with Crippen LogP contribution in [0.2, 0.25) is 0 Å². The van der Waals surface area contributed by atoms with E-state index in [1.54, 1.807) is 34.3 Å². The number of carbonyl (C=O) groups is 1. The Balaban J connectivity index is 1.53. The third kappa shape index (κ3) is 3.72. The van der Waals surface area contributed by atoms with Crippen molar-refractivity contribution in [1.82, 2.24) is 14.4 Å². The first kappa shape index (κ1) is 21.8. The predicted octanol–water partition coefficient (Wildman–Crippen LogP) is 4.14. The van der Waals surface area contributed by atoms with Gasteiger partial charge in [-0.3, -0.25) is 4.79 Å². The van der Waals surface area contributed by atoms with Crippen LogP contribution in [0, 0.1) is 0 Å². The number of ether oxygens (including phenoxy) is 3. The van der Waals surface area contributed by atoms with E-state index < -0.39 is 11.1 Å². The third-order valence-corrected chi connectivity index (χ3v) is 6.06. The number of aromatic nitrogens is 3. The normalized spacial score (nSPS) is 21.0. The number of rotatable bonds is 5. The summed E-state index contributed by atoms with van der Waals surface area (Å²) >= 11 is 0. The highest BCUT2D eigenvalue weighted by Crippen LogP contribution is 2.37. The molecule has 3 aromatic rings. The molecular formula is C25H27N5O4. The van der Waals surface area contributed by atoms with Crippen molar-refractivity contribution in [2.24, 2.45) is 0 Å². The number of anilines is 2. The zero-order chi connectivity index (χ0) is 24.1. The summed E-state index contributed by atoms with van der Waals surface area (Å²) in [5.74, 6) is 2.43. The molecule has 5 rings (SSSR count). The Bertz CT molecular complexity index is 1360. The molecule has 0 saturated carbocycles. The van der Waals surface area contributed by atoms with Gasteiger partial charge in [-0.2, -0.15) is 0 Å². The zero-order valence-corrected chi connectivity index (χ0v) is 19.8. The van der Waals surface area contributed by atoms with Crippen LogP contribution in [0.4, 0.5) is 11.5 Å². The number of benzene rings is 1. The van der Waals surface area contributed by atoms with Crippen LogP contribution in [0.5, 0.6) is 5.75 Å². The van der Waals surface area contributed by atoms with Gasteiger partial charge in [0.2, 0.25) is 0 Å². The average molecular weight is 462 g/mol. The largest absolute Gasteiger partial charge is 0.493 e. The van der Waals surface area contributed by atoms with E-state index in [1.165, 1.54) is 0 Å². The van der Waals surface area contributed by atoms with E-state index in [0.29, 0.717) is 40.8 Å². The number of methoxy groups -OCH3 is 2. The van der Waals surface area contributed by atoms with Gasteiger partial charge < -0.3 is 29.2 Å². The Morgan fingerprint density at radius 1 is 1.18 bits per heavy atom. The molecule has 0 saturated heterocycles. The van der Waals surface area contributed by atoms with E-state index in [4.69, 9.17) is 19.2 Å². The molecule has 3 heterocycles. The summed E-state index contributed by atoms with van der Waals surface area (Å²) < 4.78 is 18.7. The first-order valence-electron chi connectivity index (χ1n) is 11.0. The fourth-order valence-corrected chi connectivity index (χ4v) is 4.15. The molecule has 2 N–H and O–H groups in total. The number of fused-ring (bicyclic) bond motifs is 2. The van der Waals surface area contributed by atoms with Gasteiger partial charge in [0, 0.05) is 24.2 Å². The lowest BCUT2D eigenvalue weighted by molar-refractivity contribution is -0.129. The minimum atomic E-state index is -0.916. The quantitative estimate of drug-likeness (QED) is 0.589. The minimum absolute atomic E-state index is 0.188. The van der Waals surface area contributed by atoms with Gasteiger partial charge in [-0.15, -0.1) is 0 Å². The summed E-state index contributed by atoms with van der Waals surface area (Å²) in [6.45, 7) is 5.55. The molecule has 34 heavy (non-hydrogen) atoms. The molecule has 0 radical (unpaired) electrons. The second-order valence-corrected chi connectivity index (χ2v) is 9.14. The van der Waals surface area contributed by atoms with Gasteiger partial charge >= 0.3 is 0 Å². The highest BCUT2D eigenvalue weighted by atomic mass is 16.5. The highest BCUT2D eigenvalue weighted by Gasteiger charge is 2.35. The topological polar surface area (TPSA) is 99.0 Å². The van der Waals surface area contributed by atoms with Crippen LogP contribution >= 0.6 is 0 Å². The van der Waals surface area contributed by atoms with E-state index in [2.05, 4.69) is 22.5 Å². The maximum atomic E-state index is 12.4. The van der Waals surface area contributed by atoms with E-state index >= 15 is 0 Å². The summed E-state index contributed by atoms with van der Waals surface area (Å²) in [7, 11) is 3.25. The zero-order valence-electron chi connectivity index (χ0n) is 19.8. The molecule has 1 aliphatic carbocycles. The highest BCUT2D eigenvalue weighted by molar-refractivity contribution is 6.00. The molecule has 0 bridgehead atoms. The molecule has 2 aliphatic rings. The standard InChI is InChI=1S/C25H27N5O4/c1-24(2)23(31)28-16-12-15(6-7-18(16)34-24)17-14-30-11-10-26-22(30)21(27-17)29-25(3)9-8-19(32-4)20(13-25)33-5/h6-8,10-14H,9H2,1-5H3,(H,27,29)(H,28,31). The van der Waals surface area contributed by atoms with Crippen LogP contribution < -0.4 is 15.4 Å². The van der Waals surface area contributed by atoms with Gasteiger partial charge in [0.25, 0.3) is 5.91 Å². The first-order chi connectivity index (χ1) is 16.2. The van der Waals surface area contributed by atoms with Crippen LogP contribution in [0.3, 0.4) is 0 Å². The average Bonchev–Trinajstić information content (AvgIpc) is 3.28. The molecule has 1 aliphatic heterocycles. The maximum Gasteiger partial charge on any atom is 0.268 e. The SMILES string of the molecule is COC1=CCC(C)(Nc2nc(-c3ccc4c(c3)NC(=O)C(C)(C)O4)cn3ccnc23)C=C1OC. The van der Waals surface area contributed by atoms with Crippen molar-refractivity contribution in [1.29, 1.82) is 0 Å². The molecule has 9 heteroatoms.